The summed E-state index contributed by atoms with van der Waals surface area (Å²) < 4.78 is 0.931. The molecular formula is C27H21BrN2O2. The molecule has 0 spiro atoms. The number of carbonyl (C=O) groups excluding carboxylic acids is 2. The number of amides is 2. The third kappa shape index (κ3) is 5.31. The third-order valence-corrected chi connectivity index (χ3v) is 5.52. The summed E-state index contributed by atoms with van der Waals surface area (Å²) >= 11 is 3.41. The van der Waals surface area contributed by atoms with Crippen molar-refractivity contribution < 1.29 is 9.59 Å². The number of carbonyl (C=O) groups is 2. The van der Waals surface area contributed by atoms with Gasteiger partial charge in [0.05, 0.1) is 0 Å². The molecule has 0 radical (unpaired) electrons. The molecule has 158 valence electrons. The number of hydrogen-bond donors (Lipinski definition) is 2. The van der Waals surface area contributed by atoms with Crippen LogP contribution in [0.3, 0.4) is 0 Å². The van der Waals surface area contributed by atoms with Gasteiger partial charge in [-0.05, 0) is 65.7 Å². The monoisotopic (exact) mass is 484 g/mol. The zero-order valence-electron chi connectivity index (χ0n) is 17.4. The Morgan fingerprint density at radius 2 is 1.50 bits per heavy atom. The fourth-order valence-electron chi connectivity index (χ4n) is 3.25. The second kappa shape index (κ2) is 9.62. The minimum absolute atomic E-state index is 0.158. The lowest BCUT2D eigenvalue weighted by Crippen LogP contribution is -2.30. The number of nitrogens with one attached hydrogen (secondary N) is 2. The van der Waals surface area contributed by atoms with Crippen LogP contribution in [0.5, 0.6) is 0 Å². The van der Waals surface area contributed by atoms with E-state index in [1.54, 1.807) is 18.2 Å². The Hall–Kier alpha value is -3.70. The summed E-state index contributed by atoms with van der Waals surface area (Å²) in [5.74, 6) is -0.745. The first-order valence-electron chi connectivity index (χ1n) is 10.1. The summed E-state index contributed by atoms with van der Waals surface area (Å²) in [5.41, 5.74) is 3.14. The zero-order chi connectivity index (χ0) is 22.5. The summed E-state index contributed by atoms with van der Waals surface area (Å²) in [7, 11) is 0. The highest BCUT2D eigenvalue weighted by molar-refractivity contribution is 9.10. The molecule has 4 nitrogen and oxygen atoms in total. The van der Waals surface area contributed by atoms with Gasteiger partial charge in [-0.1, -0.05) is 76.1 Å². The van der Waals surface area contributed by atoms with Gasteiger partial charge >= 0.3 is 0 Å². The summed E-state index contributed by atoms with van der Waals surface area (Å²) in [6, 6.07) is 28.3. The van der Waals surface area contributed by atoms with Crippen LogP contribution in [-0.2, 0) is 4.79 Å². The fraction of sp³-hybridized carbons (Fsp3) is 0.0370. The van der Waals surface area contributed by atoms with E-state index in [1.807, 2.05) is 85.8 Å². The molecule has 0 saturated carbocycles. The smallest absolute Gasteiger partial charge is 0.272 e. The molecule has 0 unspecified atom stereocenters. The van der Waals surface area contributed by atoms with Crippen LogP contribution >= 0.6 is 15.9 Å². The highest BCUT2D eigenvalue weighted by atomic mass is 79.9. The quantitative estimate of drug-likeness (QED) is 0.325. The van der Waals surface area contributed by atoms with Crippen molar-refractivity contribution in [3.63, 3.8) is 0 Å². The Kier molecular flexibility index (Phi) is 6.47. The van der Waals surface area contributed by atoms with Gasteiger partial charge in [-0.3, -0.25) is 9.59 Å². The van der Waals surface area contributed by atoms with E-state index in [9.17, 15) is 9.59 Å². The molecule has 0 atom stereocenters. The van der Waals surface area contributed by atoms with E-state index in [4.69, 9.17) is 0 Å². The summed E-state index contributed by atoms with van der Waals surface area (Å²) in [5, 5.41) is 7.78. The van der Waals surface area contributed by atoms with Crippen LogP contribution in [0.15, 0.2) is 101 Å². The van der Waals surface area contributed by atoms with Gasteiger partial charge in [0.15, 0.2) is 0 Å². The van der Waals surface area contributed by atoms with Crippen LogP contribution in [-0.4, -0.2) is 11.8 Å². The van der Waals surface area contributed by atoms with Gasteiger partial charge in [0.25, 0.3) is 11.8 Å². The molecule has 0 saturated heterocycles. The highest BCUT2D eigenvalue weighted by Crippen LogP contribution is 2.20. The summed E-state index contributed by atoms with van der Waals surface area (Å²) in [6.45, 7) is 1.96. The van der Waals surface area contributed by atoms with Crippen LogP contribution in [0, 0.1) is 6.92 Å². The normalized spacial score (nSPS) is 11.2. The van der Waals surface area contributed by atoms with E-state index < -0.39 is 5.91 Å². The number of hydrogen-bond acceptors (Lipinski definition) is 2. The molecule has 4 aromatic carbocycles. The predicted molar refractivity (Wildman–Crippen MR) is 133 cm³/mol. The lowest BCUT2D eigenvalue weighted by atomic mass is 10.1. The standard InChI is InChI=1S/C27H21BrN2O2/c1-18-6-10-21(11-7-18)26(31)30-25(16-19-8-13-23(28)14-9-19)27(32)29-24-15-12-20-4-2-3-5-22(20)17-24/h2-17H,1H3,(H,29,32)(H,30,31)/b25-16-. The highest BCUT2D eigenvalue weighted by Gasteiger charge is 2.15. The first kappa shape index (κ1) is 21.5. The van der Waals surface area contributed by atoms with E-state index in [2.05, 4.69) is 26.6 Å². The Balaban J connectivity index is 1.62. The minimum atomic E-state index is -0.399. The Morgan fingerprint density at radius 1 is 0.812 bits per heavy atom. The van der Waals surface area contributed by atoms with Crippen LogP contribution < -0.4 is 10.6 Å². The fourth-order valence-corrected chi connectivity index (χ4v) is 3.51. The lowest BCUT2D eigenvalue weighted by Gasteiger charge is -2.12. The van der Waals surface area contributed by atoms with Crippen molar-refractivity contribution in [3.05, 3.63) is 118 Å². The maximum absolute atomic E-state index is 13.1. The van der Waals surface area contributed by atoms with Gasteiger partial charge in [-0.25, -0.2) is 0 Å². The summed E-state index contributed by atoms with van der Waals surface area (Å²) in [6.07, 6.45) is 1.66. The number of benzene rings is 4. The Morgan fingerprint density at radius 3 is 2.22 bits per heavy atom. The molecule has 0 aliphatic heterocycles. The van der Waals surface area contributed by atoms with E-state index in [1.165, 1.54) is 0 Å². The minimum Gasteiger partial charge on any atom is -0.321 e. The number of halogens is 1. The lowest BCUT2D eigenvalue weighted by molar-refractivity contribution is -0.113. The van der Waals surface area contributed by atoms with E-state index in [-0.39, 0.29) is 11.6 Å². The first-order chi connectivity index (χ1) is 15.5. The molecule has 0 heterocycles. The van der Waals surface area contributed by atoms with Gasteiger partial charge in [0.2, 0.25) is 0 Å². The van der Waals surface area contributed by atoms with E-state index in [0.29, 0.717) is 11.3 Å². The molecule has 0 fully saturated rings. The van der Waals surface area contributed by atoms with Crippen molar-refractivity contribution in [2.24, 2.45) is 0 Å². The maximum atomic E-state index is 13.1. The molecule has 0 aliphatic carbocycles. The number of aryl methyl sites for hydroxylation is 1. The van der Waals surface area contributed by atoms with Crippen LogP contribution in [0.1, 0.15) is 21.5 Å². The van der Waals surface area contributed by atoms with Crippen molar-refractivity contribution in [1.82, 2.24) is 5.32 Å². The zero-order valence-corrected chi connectivity index (χ0v) is 19.0. The van der Waals surface area contributed by atoms with Gasteiger partial charge in [-0.2, -0.15) is 0 Å². The Bertz CT molecular complexity index is 1310. The van der Waals surface area contributed by atoms with Crippen molar-refractivity contribution in [1.29, 1.82) is 0 Å². The number of rotatable bonds is 5. The van der Waals surface area contributed by atoms with Crippen LogP contribution in [0.4, 0.5) is 5.69 Å². The van der Waals surface area contributed by atoms with Crippen LogP contribution in [0.2, 0.25) is 0 Å². The van der Waals surface area contributed by atoms with Gasteiger partial charge in [0.1, 0.15) is 5.70 Å². The molecule has 4 aromatic rings. The van der Waals surface area contributed by atoms with Crippen molar-refractivity contribution >= 4 is 50.3 Å². The molecule has 4 rings (SSSR count). The number of fused-ring (bicyclic) bond motifs is 1. The number of anilines is 1. The average molecular weight is 485 g/mol. The maximum Gasteiger partial charge on any atom is 0.272 e. The molecule has 5 heteroatoms. The molecule has 0 bridgehead atoms. The molecule has 0 aliphatic rings. The summed E-state index contributed by atoms with van der Waals surface area (Å²) in [4.78, 5) is 25.9. The van der Waals surface area contributed by atoms with Gasteiger partial charge in [-0.15, -0.1) is 0 Å². The van der Waals surface area contributed by atoms with E-state index >= 15 is 0 Å². The van der Waals surface area contributed by atoms with Gasteiger partial charge in [0, 0.05) is 15.7 Å². The largest absolute Gasteiger partial charge is 0.321 e. The van der Waals surface area contributed by atoms with Crippen molar-refractivity contribution in [2.75, 3.05) is 5.32 Å². The SMILES string of the molecule is Cc1ccc(C(=O)N/C(=C\c2ccc(Br)cc2)C(=O)Nc2ccc3ccccc3c2)cc1. The predicted octanol–water partition coefficient (Wildman–Crippen LogP) is 6.32. The molecule has 32 heavy (non-hydrogen) atoms. The first-order valence-corrected chi connectivity index (χ1v) is 10.9. The molecule has 2 N–H and O–H groups in total. The van der Waals surface area contributed by atoms with Crippen molar-refractivity contribution in [3.8, 4) is 0 Å². The third-order valence-electron chi connectivity index (χ3n) is 4.99. The Labute approximate surface area is 195 Å². The average Bonchev–Trinajstić information content (AvgIpc) is 2.80. The molecular weight excluding hydrogens is 464 g/mol. The van der Waals surface area contributed by atoms with Crippen LogP contribution in [0.25, 0.3) is 16.8 Å². The van der Waals surface area contributed by atoms with Crippen molar-refractivity contribution in [2.45, 2.75) is 6.92 Å². The molecule has 0 aromatic heterocycles. The molecule has 2 amide bonds. The van der Waals surface area contributed by atoms with Gasteiger partial charge < -0.3 is 10.6 Å². The topological polar surface area (TPSA) is 58.2 Å². The second-order valence-electron chi connectivity index (χ2n) is 7.45. The second-order valence-corrected chi connectivity index (χ2v) is 8.36. The van der Waals surface area contributed by atoms with E-state index in [0.717, 1.165) is 26.4 Å².